The molecule has 8 heteroatoms. The number of carbonyl (C=O) groups is 1. The average Bonchev–Trinajstić information content (AvgIpc) is 3.29. The number of carbonyl (C=O) groups excluding carboxylic acids is 1. The van der Waals surface area contributed by atoms with Crippen LogP contribution >= 0.6 is 22.9 Å². The average molecular weight is 396 g/mol. The molecule has 0 aliphatic heterocycles. The van der Waals surface area contributed by atoms with Crippen molar-refractivity contribution in [2.45, 2.75) is 6.92 Å². The van der Waals surface area contributed by atoms with Crippen molar-refractivity contribution in [2.75, 3.05) is 5.32 Å². The molecule has 4 rings (SSSR count). The number of nitrogens with zero attached hydrogens (tertiary/aromatic N) is 4. The van der Waals surface area contributed by atoms with E-state index in [1.165, 1.54) is 11.3 Å². The Balaban J connectivity index is 1.56. The van der Waals surface area contributed by atoms with Crippen molar-refractivity contribution in [3.8, 4) is 16.9 Å². The van der Waals surface area contributed by atoms with Crippen molar-refractivity contribution < 1.29 is 4.79 Å². The highest BCUT2D eigenvalue weighted by Gasteiger charge is 2.17. The van der Waals surface area contributed by atoms with Gasteiger partial charge in [-0.15, -0.1) is 11.3 Å². The van der Waals surface area contributed by atoms with Crippen LogP contribution in [0.4, 0.5) is 5.13 Å². The number of amides is 1. The van der Waals surface area contributed by atoms with Gasteiger partial charge in [0.1, 0.15) is 0 Å². The van der Waals surface area contributed by atoms with Crippen LogP contribution < -0.4 is 5.32 Å². The fraction of sp³-hybridized carbons (Fsp3) is 0.0526. The Bertz CT molecular complexity index is 1110. The molecule has 134 valence electrons. The summed E-state index contributed by atoms with van der Waals surface area (Å²) in [7, 11) is 0. The lowest BCUT2D eigenvalue weighted by Gasteiger charge is -2.05. The van der Waals surface area contributed by atoms with Gasteiger partial charge in [-0.3, -0.25) is 15.1 Å². The number of anilines is 1. The van der Waals surface area contributed by atoms with Gasteiger partial charge in [0.25, 0.3) is 5.91 Å². The number of nitrogens with one attached hydrogen (secondary N) is 1. The molecule has 1 amide bonds. The summed E-state index contributed by atoms with van der Waals surface area (Å²) in [5.74, 6) is -0.257. The first-order chi connectivity index (χ1) is 13.1. The molecule has 4 aromatic rings. The van der Waals surface area contributed by atoms with Gasteiger partial charge < -0.3 is 0 Å². The maximum Gasteiger partial charge on any atom is 0.260 e. The van der Waals surface area contributed by atoms with Crippen molar-refractivity contribution in [3.05, 3.63) is 76.6 Å². The predicted octanol–water partition coefficient (Wildman–Crippen LogP) is 4.60. The number of thiazole rings is 1. The van der Waals surface area contributed by atoms with Crippen molar-refractivity contribution in [1.82, 2.24) is 19.7 Å². The zero-order chi connectivity index (χ0) is 18.8. The van der Waals surface area contributed by atoms with Crippen LogP contribution in [0.2, 0.25) is 5.02 Å². The molecule has 0 bridgehead atoms. The van der Waals surface area contributed by atoms with Crippen LogP contribution in [0.1, 0.15) is 16.1 Å². The minimum absolute atomic E-state index is 0.257. The Morgan fingerprint density at radius 1 is 1.19 bits per heavy atom. The molecule has 1 N–H and O–H groups in total. The summed E-state index contributed by atoms with van der Waals surface area (Å²) in [5, 5.41) is 10.1. The minimum Gasteiger partial charge on any atom is -0.298 e. The van der Waals surface area contributed by atoms with Gasteiger partial charge in [-0.05, 0) is 25.1 Å². The molecule has 0 radical (unpaired) electrons. The Kier molecular flexibility index (Phi) is 4.70. The quantitative estimate of drug-likeness (QED) is 0.547. The van der Waals surface area contributed by atoms with Gasteiger partial charge in [-0.25, -0.2) is 9.67 Å². The maximum absolute atomic E-state index is 12.7. The van der Waals surface area contributed by atoms with E-state index in [1.807, 2.05) is 48.7 Å². The monoisotopic (exact) mass is 395 g/mol. The van der Waals surface area contributed by atoms with Crippen LogP contribution in [0.3, 0.4) is 0 Å². The molecule has 0 spiro atoms. The summed E-state index contributed by atoms with van der Waals surface area (Å²) in [4.78, 5) is 21.1. The number of hydrogen-bond acceptors (Lipinski definition) is 5. The number of aromatic nitrogens is 4. The highest BCUT2D eigenvalue weighted by molar-refractivity contribution is 7.14. The molecule has 0 aliphatic rings. The van der Waals surface area contributed by atoms with E-state index in [1.54, 1.807) is 23.3 Å². The van der Waals surface area contributed by atoms with E-state index < -0.39 is 0 Å². The second kappa shape index (κ2) is 7.30. The molecule has 0 saturated carbocycles. The van der Waals surface area contributed by atoms with Crippen LogP contribution in [-0.4, -0.2) is 25.7 Å². The Morgan fingerprint density at radius 2 is 1.96 bits per heavy atom. The summed E-state index contributed by atoms with van der Waals surface area (Å²) in [6.45, 7) is 1.85. The Hall–Kier alpha value is -3.03. The normalized spacial score (nSPS) is 10.7. The van der Waals surface area contributed by atoms with Crippen molar-refractivity contribution in [1.29, 1.82) is 0 Å². The zero-order valence-corrected chi connectivity index (χ0v) is 15.8. The highest BCUT2D eigenvalue weighted by Crippen LogP contribution is 2.30. The molecule has 6 nitrogen and oxygen atoms in total. The maximum atomic E-state index is 12.7. The fourth-order valence-corrected chi connectivity index (χ4v) is 3.60. The smallest absolute Gasteiger partial charge is 0.260 e. The minimum atomic E-state index is -0.257. The van der Waals surface area contributed by atoms with Gasteiger partial charge in [-0.2, -0.15) is 5.10 Å². The predicted molar refractivity (Wildman–Crippen MR) is 107 cm³/mol. The summed E-state index contributed by atoms with van der Waals surface area (Å²) >= 11 is 7.56. The van der Waals surface area contributed by atoms with Gasteiger partial charge in [0.15, 0.2) is 5.13 Å². The Labute approximate surface area is 164 Å². The molecule has 0 saturated heterocycles. The van der Waals surface area contributed by atoms with Crippen molar-refractivity contribution in [3.63, 3.8) is 0 Å². The first kappa shape index (κ1) is 17.4. The van der Waals surface area contributed by atoms with E-state index in [4.69, 9.17) is 11.6 Å². The molecule has 0 aliphatic carbocycles. The summed E-state index contributed by atoms with van der Waals surface area (Å²) < 4.78 is 1.70. The fourth-order valence-electron chi connectivity index (χ4n) is 2.67. The summed E-state index contributed by atoms with van der Waals surface area (Å²) in [5.41, 5.74) is 3.63. The van der Waals surface area contributed by atoms with Crippen LogP contribution in [0.25, 0.3) is 16.9 Å². The highest BCUT2D eigenvalue weighted by atomic mass is 35.5. The van der Waals surface area contributed by atoms with E-state index in [0.717, 1.165) is 22.6 Å². The topological polar surface area (TPSA) is 72.7 Å². The van der Waals surface area contributed by atoms with E-state index in [2.05, 4.69) is 20.4 Å². The number of hydrogen-bond donors (Lipinski definition) is 1. The molecule has 0 atom stereocenters. The van der Waals surface area contributed by atoms with E-state index in [9.17, 15) is 4.79 Å². The van der Waals surface area contributed by atoms with Gasteiger partial charge in [-0.1, -0.05) is 29.8 Å². The molecular formula is C19H14ClN5OS. The first-order valence-corrected chi connectivity index (χ1v) is 9.36. The third-order valence-electron chi connectivity index (χ3n) is 4.04. The second-order valence-corrected chi connectivity index (χ2v) is 7.00. The summed E-state index contributed by atoms with van der Waals surface area (Å²) in [6, 6.07) is 11.1. The Morgan fingerprint density at radius 3 is 2.74 bits per heavy atom. The molecular weight excluding hydrogens is 382 g/mol. The van der Waals surface area contributed by atoms with Crippen molar-refractivity contribution >= 4 is 34.0 Å². The van der Waals surface area contributed by atoms with Crippen LogP contribution in [0, 0.1) is 6.92 Å². The number of benzene rings is 1. The molecule has 1 aromatic carbocycles. The standard InChI is InChI=1S/C19H14ClN5OS/c1-12-15(10-22-25(12)13-6-8-21-9-7-13)18(26)24-19-23-17(11-27-19)14-4-2-3-5-16(14)20/h2-11H,1H3,(H,23,24,26). The molecule has 3 heterocycles. The largest absolute Gasteiger partial charge is 0.298 e. The van der Waals surface area contributed by atoms with E-state index in [0.29, 0.717) is 15.7 Å². The second-order valence-electron chi connectivity index (χ2n) is 5.73. The zero-order valence-electron chi connectivity index (χ0n) is 14.3. The molecule has 0 unspecified atom stereocenters. The van der Waals surface area contributed by atoms with E-state index >= 15 is 0 Å². The third-order valence-corrected chi connectivity index (χ3v) is 5.12. The van der Waals surface area contributed by atoms with Gasteiger partial charge in [0.2, 0.25) is 0 Å². The molecule has 3 aromatic heterocycles. The van der Waals surface area contributed by atoms with Gasteiger partial charge in [0.05, 0.1) is 28.8 Å². The molecule has 0 fully saturated rings. The number of pyridine rings is 1. The lowest BCUT2D eigenvalue weighted by molar-refractivity contribution is 0.102. The van der Waals surface area contributed by atoms with Gasteiger partial charge in [0, 0.05) is 28.4 Å². The number of halogens is 1. The van der Waals surface area contributed by atoms with E-state index in [-0.39, 0.29) is 5.91 Å². The van der Waals surface area contributed by atoms with Gasteiger partial charge >= 0.3 is 0 Å². The molecule has 27 heavy (non-hydrogen) atoms. The third kappa shape index (κ3) is 3.47. The van der Waals surface area contributed by atoms with Crippen molar-refractivity contribution in [2.24, 2.45) is 0 Å². The SMILES string of the molecule is Cc1c(C(=O)Nc2nc(-c3ccccc3Cl)cs2)cnn1-c1ccncc1. The lowest BCUT2D eigenvalue weighted by atomic mass is 10.2. The lowest BCUT2D eigenvalue weighted by Crippen LogP contribution is -2.13. The first-order valence-electron chi connectivity index (χ1n) is 8.10. The van der Waals surface area contributed by atoms with Crippen LogP contribution in [-0.2, 0) is 0 Å². The van der Waals surface area contributed by atoms with Crippen LogP contribution in [0.15, 0.2) is 60.4 Å². The number of rotatable bonds is 4. The summed E-state index contributed by atoms with van der Waals surface area (Å²) in [6.07, 6.45) is 4.91. The van der Waals surface area contributed by atoms with Crippen LogP contribution in [0.5, 0.6) is 0 Å².